The number of carboxylic acids is 1. The Morgan fingerprint density at radius 2 is 1.67 bits per heavy atom. The first-order valence-corrected chi connectivity index (χ1v) is 7.73. The van der Waals surface area contributed by atoms with E-state index in [9.17, 15) is 9.90 Å². The summed E-state index contributed by atoms with van der Waals surface area (Å²) in [5.41, 5.74) is 1.99. The van der Waals surface area contributed by atoms with Crippen LogP contribution in [0.15, 0.2) is 60.7 Å². The van der Waals surface area contributed by atoms with Gasteiger partial charge in [0, 0.05) is 5.56 Å². The molecule has 0 saturated carbocycles. The first kappa shape index (κ1) is 15.2. The molecule has 0 aliphatic heterocycles. The molecular weight excluding hydrogens is 280 g/mol. The third-order valence-electron chi connectivity index (χ3n) is 2.90. The van der Waals surface area contributed by atoms with Crippen LogP contribution >= 0.6 is 11.8 Å². The van der Waals surface area contributed by atoms with Crippen molar-refractivity contribution < 1.29 is 9.90 Å². The summed E-state index contributed by atoms with van der Waals surface area (Å²) in [6.45, 7) is 0. The van der Waals surface area contributed by atoms with Crippen molar-refractivity contribution in [3.8, 4) is 11.8 Å². The summed E-state index contributed by atoms with van der Waals surface area (Å²) in [6.07, 6.45) is 0.522. The molecule has 2 rings (SSSR count). The number of rotatable bonds is 5. The Balaban J connectivity index is 1.89. The number of aliphatic carboxylic acids is 1. The Morgan fingerprint density at radius 3 is 2.29 bits per heavy atom. The van der Waals surface area contributed by atoms with Gasteiger partial charge in [-0.05, 0) is 24.1 Å². The standard InChI is InChI=1S/C18H16O2S/c19-18(20)17(14-16-10-5-2-6-11-16)21-13-7-12-15-8-3-1-4-9-15/h1-6,8-11,17H,13-14H2,(H,19,20). The summed E-state index contributed by atoms with van der Waals surface area (Å²) >= 11 is 1.37. The molecule has 0 aliphatic rings. The van der Waals surface area contributed by atoms with E-state index in [4.69, 9.17) is 0 Å². The Kier molecular flexibility index (Phi) is 5.93. The van der Waals surface area contributed by atoms with Gasteiger partial charge in [-0.15, -0.1) is 11.8 Å². The molecule has 1 atom stereocenters. The van der Waals surface area contributed by atoms with Gasteiger partial charge in [0.25, 0.3) is 0 Å². The summed E-state index contributed by atoms with van der Waals surface area (Å²) in [5.74, 6) is 5.79. The largest absolute Gasteiger partial charge is 0.480 e. The highest BCUT2D eigenvalue weighted by Gasteiger charge is 2.17. The zero-order valence-corrected chi connectivity index (χ0v) is 12.3. The summed E-state index contributed by atoms with van der Waals surface area (Å²) < 4.78 is 0. The zero-order valence-electron chi connectivity index (χ0n) is 11.5. The third-order valence-corrected chi connectivity index (χ3v) is 3.98. The lowest BCUT2D eigenvalue weighted by Crippen LogP contribution is -2.19. The molecule has 0 heterocycles. The molecule has 21 heavy (non-hydrogen) atoms. The maximum atomic E-state index is 11.3. The van der Waals surface area contributed by atoms with E-state index in [1.807, 2.05) is 60.7 Å². The van der Waals surface area contributed by atoms with Crippen LogP contribution in [0.3, 0.4) is 0 Å². The van der Waals surface area contributed by atoms with E-state index in [1.165, 1.54) is 11.8 Å². The van der Waals surface area contributed by atoms with Crippen molar-refractivity contribution in [1.29, 1.82) is 0 Å². The lowest BCUT2D eigenvalue weighted by atomic mass is 10.1. The summed E-state index contributed by atoms with van der Waals surface area (Å²) in [5, 5.41) is 8.82. The maximum absolute atomic E-state index is 11.3. The van der Waals surface area contributed by atoms with E-state index in [1.54, 1.807) is 0 Å². The van der Waals surface area contributed by atoms with Gasteiger partial charge in [0.05, 0.1) is 5.75 Å². The van der Waals surface area contributed by atoms with Crippen LogP contribution in [0.2, 0.25) is 0 Å². The van der Waals surface area contributed by atoms with Crippen molar-refractivity contribution in [2.24, 2.45) is 0 Å². The normalized spacial score (nSPS) is 11.2. The molecule has 0 aliphatic carbocycles. The molecule has 1 N–H and O–H groups in total. The zero-order chi connectivity index (χ0) is 14.9. The molecule has 106 valence electrons. The number of carboxylic acid groups (broad SMARTS) is 1. The number of thioether (sulfide) groups is 1. The lowest BCUT2D eigenvalue weighted by molar-refractivity contribution is -0.136. The maximum Gasteiger partial charge on any atom is 0.316 e. The average Bonchev–Trinajstić information content (AvgIpc) is 2.52. The topological polar surface area (TPSA) is 37.3 Å². The van der Waals surface area contributed by atoms with Gasteiger partial charge in [-0.3, -0.25) is 4.79 Å². The highest BCUT2D eigenvalue weighted by atomic mass is 32.2. The number of hydrogen-bond donors (Lipinski definition) is 1. The Hall–Kier alpha value is -2.18. The van der Waals surface area contributed by atoms with Crippen molar-refractivity contribution >= 4 is 17.7 Å². The highest BCUT2D eigenvalue weighted by molar-refractivity contribution is 8.00. The van der Waals surface area contributed by atoms with Crippen LogP contribution in [-0.2, 0) is 11.2 Å². The van der Waals surface area contributed by atoms with Gasteiger partial charge in [-0.25, -0.2) is 0 Å². The lowest BCUT2D eigenvalue weighted by Gasteiger charge is -2.10. The first-order valence-electron chi connectivity index (χ1n) is 6.68. The number of benzene rings is 2. The van der Waals surface area contributed by atoms with Gasteiger partial charge in [0.15, 0.2) is 0 Å². The minimum absolute atomic E-state index is 0.461. The molecule has 0 radical (unpaired) electrons. The smallest absolute Gasteiger partial charge is 0.316 e. The van der Waals surface area contributed by atoms with Crippen molar-refractivity contribution in [3.63, 3.8) is 0 Å². The van der Waals surface area contributed by atoms with Crippen LogP contribution in [0.1, 0.15) is 11.1 Å². The van der Waals surface area contributed by atoms with Crippen molar-refractivity contribution in [1.82, 2.24) is 0 Å². The van der Waals surface area contributed by atoms with E-state index < -0.39 is 11.2 Å². The van der Waals surface area contributed by atoms with E-state index in [-0.39, 0.29) is 0 Å². The molecule has 0 saturated heterocycles. The van der Waals surface area contributed by atoms with E-state index >= 15 is 0 Å². The molecule has 0 fully saturated rings. The van der Waals surface area contributed by atoms with Gasteiger partial charge in [-0.1, -0.05) is 60.4 Å². The summed E-state index contributed by atoms with van der Waals surface area (Å²) in [7, 11) is 0. The second-order valence-electron chi connectivity index (χ2n) is 4.50. The van der Waals surface area contributed by atoms with Gasteiger partial charge in [0.1, 0.15) is 5.25 Å². The molecule has 0 amide bonds. The number of carbonyl (C=O) groups is 1. The van der Waals surface area contributed by atoms with E-state index in [0.29, 0.717) is 12.2 Å². The Morgan fingerprint density at radius 1 is 1.05 bits per heavy atom. The summed E-state index contributed by atoms with van der Waals surface area (Å²) in [6, 6.07) is 19.4. The highest BCUT2D eigenvalue weighted by Crippen LogP contribution is 2.16. The molecule has 2 aromatic carbocycles. The molecule has 1 unspecified atom stereocenters. The quantitative estimate of drug-likeness (QED) is 0.859. The fourth-order valence-electron chi connectivity index (χ4n) is 1.85. The minimum Gasteiger partial charge on any atom is -0.480 e. The minimum atomic E-state index is -0.787. The Bertz CT molecular complexity index is 627. The van der Waals surface area contributed by atoms with Gasteiger partial charge < -0.3 is 5.11 Å². The predicted octanol–water partition coefficient (Wildman–Crippen LogP) is 3.47. The van der Waals surface area contributed by atoms with E-state index in [2.05, 4.69) is 11.8 Å². The van der Waals surface area contributed by atoms with Gasteiger partial charge in [-0.2, -0.15) is 0 Å². The van der Waals surface area contributed by atoms with Crippen molar-refractivity contribution in [2.75, 3.05) is 5.75 Å². The SMILES string of the molecule is O=C(O)C(Cc1ccccc1)SCC#Cc1ccccc1. The average molecular weight is 296 g/mol. The van der Waals surface area contributed by atoms with Crippen LogP contribution in [0.25, 0.3) is 0 Å². The summed E-state index contributed by atoms with van der Waals surface area (Å²) in [4.78, 5) is 11.3. The van der Waals surface area contributed by atoms with Crippen molar-refractivity contribution in [2.45, 2.75) is 11.7 Å². The monoisotopic (exact) mass is 296 g/mol. The molecule has 0 spiro atoms. The molecule has 0 aromatic heterocycles. The second-order valence-corrected chi connectivity index (χ2v) is 5.69. The van der Waals surface area contributed by atoms with E-state index in [0.717, 1.165) is 11.1 Å². The van der Waals surface area contributed by atoms with Crippen LogP contribution < -0.4 is 0 Å². The van der Waals surface area contributed by atoms with Gasteiger partial charge >= 0.3 is 5.97 Å². The molecule has 2 nitrogen and oxygen atoms in total. The fourth-order valence-corrected chi connectivity index (χ4v) is 2.66. The molecular formula is C18H16O2S. The second kappa shape index (κ2) is 8.18. The Labute approximate surface area is 129 Å². The van der Waals surface area contributed by atoms with Crippen molar-refractivity contribution in [3.05, 3.63) is 71.8 Å². The number of hydrogen-bond acceptors (Lipinski definition) is 2. The molecule has 2 aromatic rings. The molecule has 0 bridgehead atoms. The predicted molar refractivity (Wildman–Crippen MR) is 87.3 cm³/mol. The van der Waals surface area contributed by atoms with Crippen LogP contribution in [-0.4, -0.2) is 22.1 Å². The van der Waals surface area contributed by atoms with Crippen LogP contribution in [0.4, 0.5) is 0 Å². The van der Waals surface area contributed by atoms with Crippen LogP contribution in [0, 0.1) is 11.8 Å². The molecule has 3 heteroatoms. The fraction of sp³-hybridized carbons (Fsp3) is 0.167. The first-order chi connectivity index (χ1) is 10.3. The third kappa shape index (κ3) is 5.37. The van der Waals surface area contributed by atoms with Gasteiger partial charge in [0.2, 0.25) is 0 Å². The van der Waals surface area contributed by atoms with Crippen LogP contribution in [0.5, 0.6) is 0 Å².